The van der Waals surface area contributed by atoms with Crippen LogP contribution < -0.4 is 35.2 Å². The Kier molecular flexibility index (Phi) is 10.8. The topological polar surface area (TPSA) is 147 Å². The summed E-state index contributed by atoms with van der Waals surface area (Å²) in [6.45, 7) is 11.5. The summed E-state index contributed by atoms with van der Waals surface area (Å²) in [5, 5.41) is 9.24. The van der Waals surface area contributed by atoms with Gasteiger partial charge in [0.2, 0.25) is 11.9 Å². The summed E-state index contributed by atoms with van der Waals surface area (Å²) in [7, 11) is 3.17. The zero-order valence-corrected chi connectivity index (χ0v) is 30.0. The van der Waals surface area contributed by atoms with Crippen molar-refractivity contribution in [3.8, 4) is 11.5 Å². The molecule has 0 spiro atoms. The van der Waals surface area contributed by atoms with Gasteiger partial charge in [-0.1, -0.05) is 31.2 Å². The van der Waals surface area contributed by atoms with Crippen molar-refractivity contribution in [1.82, 2.24) is 15.3 Å². The van der Waals surface area contributed by atoms with E-state index in [1.807, 2.05) is 77.1 Å². The van der Waals surface area contributed by atoms with Crippen LogP contribution in [0.3, 0.4) is 0 Å². The first-order valence-corrected chi connectivity index (χ1v) is 16.8. The molecule has 13 nitrogen and oxygen atoms in total. The SMILES string of the molecule is CCC(=O)Nc1cccc(CN2C(=O)N(c3c(C)c(OC)cc(OC)c3C)Cc3cnc(NC4CCC=CC4NC(=O)OC(C)(C)C)nc32)c1. The van der Waals surface area contributed by atoms with E-state index in [2.05, 4.69) is 20.9 Å². The molecule has 0 radical (unpaired) electrons. The van der Waals surface area contributed by atoms with E-state index in [0.717, 1.165) is 35.1 Å². The third-order valence-corrected chi connectivity index (χ3v) is 8.60. The lowest BCUT2D eigenvalue weighted by molar-refractivity contribution is -0.115. The lowest BCUT2D eigenvalue weighted by Crippen LogP contribution is -2.49. The third-order valence-electron chi connectivity index (χ3n) is 8.60. The van der Waals surface area contributed by atoms with Gasteiger partial charge in [-0.3, -0.25) is 14.6 Å². The fraction of sp³-hybridized carbons (Fsp3) is 0.432. The molecule has 2 aliphatic rings. The number of ether oxygens (including phenoxy) is 3. The monoisotopic (exact) mass is 685 g/mol. The fourth-order valence-electron chi connectivity index (χ4n) is 6.21. The molecule has 0 bridgehead atoms. The molecular weight excluding hydrogens is 638 g/mol. The van der Waals surface area contributed by atoms with Crippen molar-refractivity contribution in [1.29, 1.82) is 0 Å². The first-order chi connectivity index (χ1) is 23.8. The van der Waals surface area contributed by atoms with Crippen molar-refractivity contribution in [3.63, 3.8) is 0 Å². The number of allylic oxidation sites excluding steroid dienone is 1. The van der Waals surface area contributed by atoms with Crippen LogP contribution in [0.5, 0.6) is 11.5 Å². The number of methoxy groups -OCH3 is 2. The summed E-state index contributed by atoms with van der Waals surface area (Å²) < 4.78 is 16.8. The van der Waals surface area contributed by atoms with Crippen LogP contribution in [0, 0.1) is 13.8 Å². The Morgan fingerprint density at radius 3 is 2.44 bits per heavy atom. The lowest BCUT2D eigenvalue weighted by Gasteiger charge is -2.38. The van der Waals surface area contributed by atoms with E-state index >= 15 is 0 Å². The molecule has 2 unspecified atom stereocenters. The van der Waals surface area contributed by atoms with Gasteiger partial charge in [-0.25, -0.2) is 14.6 Å². The second-order valence-corrected chi connectivity index (χ2v) is 13.4. The number of rotatable bonds is 10. The number of nitrogens with zero attached hydrogens (tertiary/aromatic N) is 4. The minimum Gasteiger partial charge on any atom is -0.496 e. The molecule has 266 valence electrons. The van der Waals surface area contributed by atoms with Crippen LogP contribution in [0.4, 0.5) is 32.7 Å². The summed E-state index contributed by atoms with van der Waals surface area (Å²) in [6.07, 6.45) is 7.05. The van der Waals surface area contributed by atoms with E-state index < -0.39 is 11.7 Å². The minimum absolute atomic E-state index is 0.105. The molecule has 5 rings (SSSR count). The Morgan fingerprint density at radius 1 is 1.06 bits per heavy atom. The maximum Gasteiger partial charge on any atom is 0.408 e. The van der Waals surface area contributed by atoms with Crippen molar-refractivity contribution in [3.05, 3.63) is 70.9 Å². The predicted octanol–water partition coefficient (Wildman–Crippen LogP) is 6.63. The van der Waals surface area contributed by atoms with Crippen molar-refractivity contribution in [2.24, 2.45) is 0 Å². The average Bonchev–Trinajstić information content (AvgIpc) is 3.07. The number of amides is 4. The summed E-state index contributed by atoms with van der Waals surface area (Å²) in [4.78, 5) is 52.3. The Hall–Kier alpha value is -5.33. The maximum atomic E-state index is 14.6. The Bertz CT molecular complexity index is 1760. The zero-order chi connectivity index (χ0) is 36.2. The van der Waals surface area contributed by atoms with E-state index in [-0.39, 0.29) is 37.1 Å². The Labute approximate surface area is 293 Å². The summed E-state index contributed by atoms with van der Waals surface area (Å²) in [5.41, 5.74) is 3.80. The zero-order valence-electron chi connectivity index (χ0n) is 30.0. The van der Waals surface area contributed by atoms with E-state index in [1.165, 1.54) is 0 Å². The fourth-order valence-corrected chi connectivity index (χ4v) is 6.21. The first-order valence-electron chi connectivity index (χ1n) is 16.8. The molecule has 0 saturated carbocycles. The van der Waals surface area contributed by atoms with Gasteiger partial charge in [0.1, 0.15) is 22.9 Å². The number of alkyl carbamates (subject to hydrolysis) is 1. The molecular formula is C37H47N7O6. The molecule has 3 N–H and O–H groups in total. The van der Waals surface area contributed by atoms with Crippen LogP contribution in [0.15, 0.2) is 48.7 Å². The number of nitrogens with one attached hydrogen (secondary N) is 3. The highest BCUT2D eigenvalue weighted by molar-refractivity contribution is 6.06. The first kappa shape index (κ1) is 36.0. The summed E-state index contributed by atoms with van der Waals surface area (Å²) in [5.74, 6) is 1.87. The second kappa shape index (κ2) is 15.1. The van der Waals surface area contributed by atoms with Gasteiger partial charge in [0, 0.05) is 41.1 Å². The number of carbonyl (C=O) groups is 3. The van der Waals surface area contributed by atoms with Gasteiger partial charge in [-0.05, 0) is 65.2 Å². The van der Waals surface area contributed by atoms with Crippen LogP contribution in [0.2, 0.25) is 0 Å². The number of aromatic nitrogens is 2. The molecule has 2 heterocycles. The van der Waals surface area contributed by atoms with Crippen LogP contribution in [0.25, 0.3) is 0 Å². The number of benzene rings is 2. The van der Waals surface area contributed by atoms with E-state index in [4.69, 9.17) is 19.2 Å². The van der Waals surface area contributed by atoms with Crippen molar-refractivity contribution >= 4 is 41.2 Å². The van der Waals surface area contributed by atoms with E-state index in [9.17, 15) is 14.4 Å². The van der Waals surface area contributed by atoms with E-state index in [1.54, 1.807) is 37.1 Å². The average molecular weight is 686 g/mol. The molecule has 0 saturated heterocycles. The van der Waals surface area contributed by atoms with Gasteiger partial charge in [0.05, 0.1) is 45.1 Å². The van der Waals surface area contributed by atoms with Crippen LogP contribution in [-0.4, -0.2) is 59.9 Å². The quantitative estimate of drug-likeness (QED) is 0.200. The normalized spacial score (nSPS) is 17.2. The molecule has 1 aromatic heterocycles. The van der Waals surface area contributed by atoms with Crippen LogP contribution in [-0.2, 0) is 22.6 Å². The molecule has 13 heteroatoms. The molecule has 3 aromatic rings. The Morgan fingerprint density at radius 2 is 1.78 bits per heavy atom. The van der Waals surface area contributed by atoms with Gasteiger partial charge in [-0.2, -0.15) is 4.98 Å². The van der Waals surface area contributed by atoms with Gasteiger partial charge < -0.3 is 30.2 Å². The predicted molar refractivity (Wildman–Crippen MR) is 193 cm³/mol. The molecule has 1 aliphatic carbocycles. The maximum absolute atomic E-state index is 14.6. The third kappa shape index (κ3) is 8.10. The number of urea groups is 1. The molecule has 1 aliphatic heterocycles. The summed E-state index contributed by atoms with van der Waals surface area (Å²) >= 11 is 0. The summed E-state index contributed by atoms with van der Waals surface area (Å²) in [6, 6.07) is 8.36. The van der Waals surface area contributed by atoms with Gasteiger partial charge in [-0.15, -0.1) is 0 Å². The van der Waals surface area contributed by atoms with Crippen molar-refractivity contribution in [2.45, 2.75) is 91.6 Å². The molecule has 2 aromatic carbocycles. The number of carbonyl (C=O) groups excluding carboxylic acids is 3. The highest BCUT2D eigenvalue weighted by atomic mass is 16.6. The number of hydrogen-bond acceptors (Lipinski definition) is 9. The molecule has 2 atom stereocenters. The van der Waals surface area contributed by atoms with Gasteiger partial charge in [0.25, 0.3) is 0 Å². The lowest BCUT2D eigenvalue weighted by atomic mass is 9.97. The highest BCUT2D eigenvalue weighted by Crippen LogP contribution is 2.42. The highest BCUT2D eigenvalue weighted by Gasteiger charge is 2.36. The van der Waals surface area contributed by atoms with E-state index in [0.29, 0.717) is 41.1 Å². The number of hydrogen-bond donors (Lipinski definition) is 3. The number of anilines is 4. The van der Waals surface area contributed by atoms with Crippen molar-refractivity contribution < 1.29 is 28.6 Å². The second-order valence-electron chi connectivity index (χ2n) is 13.4. The molecule has 0 fully saturated rings. The number of fused-ring (bicyclic) bond motifs is 1. The van der Waals surface area contributed by atoms with Crippen molar-refractivity contribution in [2.75, 3.05) is 34.7 Å². The minimum atomic E-state index is -0.634. The van der Waals surface area contributed by atoms with Crippen LogP contribution in [0.1, 0.15) is 69.2 Å². The largest absolute Gasteiger partial charge is 0.496 e. The van der Waals surface area contributed by atoms with Gasteiger partial charge in [0.15, 0.2) is 0 Å². The molecule has 4 amide bonds. The smallest absolute Gasteiger partial charge is 0.408 e. The van der Waals surface area contributed by atoms with Crippen LogP contribution >= 0.6 is 0 Å². The van der Waals surface area contributed by atoms with Gasteiger partial charge >= 0.3 is 12.1 Å². The molecule has 50 heavy (non-hydrogen) atoms. The Balaban J connectivity index is 1.52. The standard InChI is InChI=1S/C37H47N7O6/c1-9-31(45)39-26-14-12-13-24(17-26)20-44-33-25(21-43(36(44)47)32-22(2)29(48-7)18-30(49-8)23(32)3)19-38-34(42-33)40-27-15-10-11-16-28(27)41-35(46)50-37(4,5)6/h11-14,16-19,27-28H,9-10,15,20-21H2,1-8H3,(H,39,45)(H,41,46)(H,38,40,42).